The molecular formula is C21H31IN4O. The Morgan fingerprint density at radius 1 is 1.11 bits per heavy atom. The Kier molecular flexibility index (Phi) is 10.8. The first-order chi connectivity index (χ1) is 12.6. The number of aryl methyl sites for hydroxylation is 1. The zero-order valence-electron chi connectivity index (χ0n) is 16.7. The number of hydrogen-bond donors (Lipinski definition) is 2. The summed E-state index contributed by atoms with van der Waals surface area (Å²) in [5, 5.41) is 6.71. The minimum atomic E-state index is 0. The van der Waals surface area contributed by atoms with E-state index in [-0.39, 0.29) is 24.0 Å². The monoisotopic (exact) mass is 482 g/mol. The molecule has 0 aliphatic carbocycles. The first-order valence-electron chi connectivity index (χ1n) is 8.93. The topological polar surface area (TPSA) is 48.9 Å². The average molecular weight is 482 g/mol. The number of nitrogens with zero attached hydrogens (tertiary/aromatic N) is 2. The van der Waals surface area contributed by atoms with Crippen molar-refractivity contribution in [2.75, 3.05) is 34.3 Å². The van der Waals surface area contributed by atoms with Crippen LogP contribution in [0, 0.1) is 6.92 Å². The van der Waals surface area contributed by atoms with E-state index in [2.05, 4.69) is 70.9 Å². The molecule has 0 spiro atoms. The molecule has 0 saturated heterocycles. The molecule has 2 aromatic carbocycles. The molecule has 6 heteroatoms. The quantitative estimate of drug-likeness (QED) is 0.344. The van der Waals surface area contributed by atoms with Gasteiger partial charge in [-0.05, 0) is 31.2 Å². The van der Waals surface area contributed by atoms with Crippen molar-refractivity contribution in [1.82, 2.24) is 15.5 Å². The number of ether oxygens (including phenoxy) is 1. The summed E-state index contributed by atoms with van der Waals surface area (Å²) in [6.07, 6.45) is 0. The Balaban J connectivity index is 0.00000364. The van der Waals surface area contributed by atoms with E-state index in [4.69, 9.17) is 4.74 Å². The van der Waals surface area contributed by atoms with Crippen LogP contribution in [0.5, 0.6) is 5.75 Å². The number of hydrogen-bond acceptors (Lipinski definition) is 3. The smallest absolute Gasteiger partial charge is 0.191 e. The summed E-state index contributed by atoms with van der Waals surface area (Å²) >= 11 is 0. The van der Waals surface area contributed by atoms with Gasteiger partial charge in [-0.2, -0.15) is 0 Å². The van der Waals surface area contributed by atoms with Crippen LogP contribution in [-0.2, 0) is 13.1 Å². The van der Waals surface area contributed by atoms with Gasteiger partial charge in [0.15, 0.2) is 5.96 Å². The summed E-state index contributed by atoms with van der Waals surface area (Å²) < 4.78 is 5.45. The summed E-state index contributed by atoms with van der Waals surface area (Å²) in [6.45, 7) is 5.43. The molecule has 0 unspecified atom stereocenters. The maximum atomic E-state index is 5.45. The average Bonchev–Trinajstić information content (AvgIpc) is 2.66. The number of aliphatic imine (C=N–C) groups is 1. The third kappa shape index (κ3) is 8.17. The number of nitrogens with one attached hydrogen (secondary N) is 2. The van der Waals surface area contributed by atoms with E-state index in [9.17, 15) is 0 Å². The van der Waals surface area contributed by atoms with Gasteiger partial charge in [0.25, 0.3) is 0 Å². The highest BCUT2D eigenvalue weighted by atomic mass is 127. The van der Waals surface area contributed by atoms with E-state index < -0.39 is 0 Å². The van der Waals surface area contributed by atoms with E-state index in [1.165, 1.54) is 11.1 Å². The van der Waals surface area contributed by atoms with E-state index in [0.29, 0.717) is 6.54 Å². The van der Waals surface area contributed by atoms with E-state index >= 15 is 0 Å². The minimum Gasteiger partial charge on any atom is -0.496 e. The van der Waals surface area contributed by atoms with Crippen molar-refractivity contribution in [3.63, 3.8) is 0 Å². The largest absolute Gasteiger partial charge is 0.496 e. The van der Waals surface area contributed by atoms with Crippen LogP contribution < -0.4 is 15.4 Å². The zero-order valence-corrected chi connectivity index (χ0v) is 19.0. The van der Waals surface area contributed by atoms with Crippen LogP contribution in [0.1, 0.15) is 16.7 Å². The predicted molar refractivity (Wildman–Crippen MR) is 124 cm³/mol. The van der Waals surface area contributed by atoms with Gasteiger partial charge < -0.3 is 20.3 Å². The molecule has 148 valence electrons. The lowest BCUT2D eigenvalue weighted by Crippen LogP contribution is -2.40. The fourth-order valence-electron chi connectivity index (χ4n) is 2.74. The summed E-state index contributed by atoms with van der Waals surface area (Å²) in [4.78, 5) is 6.58. The second kappa shape index (κ2) is 12.6. The Bertz CT molecular complexity index is 707. The molecule has 0 aliphatic rings. The second-order valence-corrected chi connectivity index (χ2v) is 6.39. The summed E-state index contributed by atoms with van der Waals surface area (Å²) in [5.41, 5.74) is 3.63. The normalized spacial score (nSPS) is 11.1. The molecule has 0 saturated carbocycles. The SMILES string of the molecule is CN=C(NCCN(C)Cc1ccccc1)NCc1ccc(C)cc1OC.I. The highest BCUT2D eigenvalue weighted by Gasteiger charge is 2.05. The Morgan fingerprint density at radius 2 is 1.85 bits per heavy atom. The minimum absolute atomic E-state index is 0. The number of methoxy groups -OCH3 is 1. The highest BCUT2D eigenvalue weighted by Crippen LogP contribution is 2.19. The van der Waals surface area contributed by atoms with Gasteiger partial charge in [-0.1, -0.05) is 42.5 Å². The molecule has 0 radical (unpaired) electrons. The van der Waals surface area contributed by atoms with Gasteiger partial charge in [-0.25, -0.2) is 0 Å². The molecule has 0 bridgehead atoms. The van der Waals surface area contributed by atoms with E-state index in [0.717, 1.165) is 36.9 Å². The Labute approximate surface area is 180 Å². The summed E-state index contributed by atoms with van der Waals surface area (Å²) in [5.74, 6) is 1.69. The van der Waals surface area contributed by atoms with Gasteiger partial charge in [0.2, 0.25) is 0 Å². The van der Waals surface area contributed by atoms with Gasteiger partial charge >= 0.3 is 0 Å². The van der Waals surface area contributed by atoms with Crippen LogP contribution in [0.25, 0.3) is 0 Å². The molecule has 2 N–H and O–H groups in total. The number of guanidine groups is 1. The predicted octanol–water partition coefficient (Wildman–Crippen LogP) is 3.42. The maximum absolute atomic E-state index is 5.45. The molecule has 0 atom stereocenters. The Hall–Kier alpha value is -1.80. The summed E-state index contributed by atoms with van der Waals surface area (Å²) in [7, 11) is 5.62. The maximum Gasteiger partial charge on any atom is 0.191 e. The van der Waals surface area contributed by atoms with Crippen molar-refractivity contribution < 1.29 is 4.74 Å². The van der Waals surface area contributed by atoms with Crippen LogP contribution in [0.3, 0.4) is 0 Å². The fraction of sp³-hybridized carbons (Fsp3) is 0.381. The fourth-order valence-corrected chi connectivity index (χ4v) is 2.74. The second-order valence-electron chi connectivity index (χ2n) is 6.39. The van der Waals surface area contributed by atoms with Crippen molar-refractivity contribution >= 4 is 29.9 Å². The molecule has 0 aliphatic heterocycles. The Morgan fingerprint density at radius 3 is 2.52 bits per heavy atom. The van der Waals surface area contributed by atoms with Crippen LogP contribution in [0.4, 0.5) is 0 Å². The number of rotatable bonds is 8. The lowest BCUT2D eigenvalue weighted by Gasteiger charge is -2.18. The highest BCUT2D eigenvalue weighted by molar-refractivity contribution is 14.0. The van der Waals surface area contributed by atoms with Gasteiger partial charge in [-0.15, -0.1) is 24.0 Å². The van der Waals surface area contributed by atoms with Gasteiger partial charge in [0.05, 0.1) is 7.11 Å². The van der Waals surface area contributed by atoms with Crippen LogP contribution in [-0.4, -0.2) is 45.2 Å². The van der Waals surface area contributed by atoms with Crippen molar-refractivity contribution in [3.8, 4) is 5.75 Å². The van der Waals surface area contributed by atoms with Crippen LogP contribution in [0.2, 0.25) is 0 Å². The molecule has 27 heavy (non-hydrogen) atoms. The molecule has 0 heterocycles. The number of halogens is 1. The summed E-state index contributed by atoms with van der Waals surface area (Å²) in [6, 6.07) is 16.7. The van der Waals surface area contributed by atoms with E-state index in [1.54, 1.807) is 14.2 Å². The standard InChI is InChI=1S/C21H30N4O.HI/c1-17-10-11-19(20(14-17)26-4)15-24-21(22-2)23-12-13-25(3)16-18-8-6-5-7-9-18;/h5-11,14H,12-13,15-16H2,1-4H3,(H2,22,23,24);1H. The first kappa shape index (κ1) is 23.2. The van der Waals surface area contributed by atoms with Gasteiger partial charge in [0, 0.05) is 38.8 Å². The van der Waals surface area contributed by atoms with E-state index in [1.807, 2.05) is 12.1 Å². The molecule has 0 fully saturated rings. The zero-order chi connectivity index (χ0) is 18.8. The molecular weight excluding hydrogens is 451 g/mol. The van der Waals surface area contributed by atoms with Crippen molar-refractivity contribution in [1.29, 1.82) is 0 Å². The lowest BCUT2D eigenvalue weighted by molar-refractivity contribution is 0.331. The number of likely N-dealkylation sites (N-methyl/N-ethyl adjacent to an activating group) is 1. The molecule has 2 rings (SSSR count). The van der Waals surface area contributed by atoms with Crippen LogP contribution in [0.15, 0.2) is 53.5 Å². The van der Waals surface area contributed by atoms with Crippen molar-refractivity contribution in [2.45, 2.75) is 20.0 Å². The molecule has 5 nitrogen and oxygen atoms in total. The van der Waals surface area contributed by atoms with Crippen molar-refractivity contribution in [2.24, 2.45) is 4.99 Å². The third-order valence-electron chi connectivity index (χ3n) is 4.19. The molecule has 0 amide bonds. The van der Waals surface area contributed by atoms with Crippen molar-refractivity contribution in [3.05, 3.63) is 65.2 Å². The first-order valence-corrected chi connectivity index (χ1v) is 8.93. The van der Waals surface area contributed by atoms with Gasteiger partial charge in [0.1, 0.15) is 5.75 Å². The lowest BCUT2D eigenvalue weighted by atomic mass is 10.1. The van der Waals surface area contributed by atoms with Gasteiger partial charge in [-0.3, -0.25) is 4.99 Å². The third-order valence-corrected chi connectivity index (χ3v) is 4.19. The number of benzene rings is 2. The molecule has 0 aromatic heterocycles. The molecule has 2 aromatic rings. The van der Waals surface area contributed by atoms with Crippen LogP contribution >= 0.6 is 24.0 Å².